The Morgan fingerprint density at radius 1 is 1.12 bits per heavy atom. The van der Waals surface area contributed by atoms with Crippen molar-refractivity contribution in [2.75, 3.05) is 31.1 Å². The molecule has 1 aliphatic rings. The van der Waals surface area contributed by atoms with Crippen LogP contribution in [0.3, 0.4) is 0 Å². The van der Waals surface area contributed by atoms with Crippen LogP contribution in [0.1, 0.15) is 16.7 Å². The number of ether oxygens (including phenoxy) is 1. The van der Waals surface area contributed by atoms with Gasteiger partial charge >= 0.3 is 0 Å². The number of rotatable bonds is 7. The average Bonchev–Trinajstić information content (AvgIpc) is 3.43. The Labute approximate surface area is 202 Å². The zero-order chi connectivity index (χ0) is 23.8. The first kappa shape index (κ1) is 22.6. The summed E-state index contributed by atoms with van der Waals surface area (Å²) in [7, 11) is -0.573. The standard InChI is InChI=1S/C27H29N5OS/c1-34(2,3)12-11-33-19-32-10-8-24-25(30-18-31-26(24)32)20-5-4-6-23(13-20)27(17-28)14-21-7-9-29-16-22(21)15-27/h4-10,13,16,18H,11-12,14-15,19H2,1-3H3. The van der Waals surface area contributed by atoms with E-state index in [1.807, 2.05) is 35.2 Å². The van der Waals surface area contributed by atoms with Crippen molar-refractivity contribution in [3.05, 3.63) is 78.0 Å². The highest BCUT2D eigenvalue weighted by Crippen LogP contribution is 2.40. The second-order valence-electron chi connectivity index (χ2n) is 9.85. The molecule has 1 aliphatic carbocycles. The molecule has 0 spiro atoms. The predicted octanol–water partition coefficient (Wildman–Crippen LogP) is 4.72. The Morgan fingerprint density at radius 2 is 1.97 bits per heavy atom. The van der Waals surface area contributed by atoms with E-state index < -0.39 is 15.4 Å². The summed E-state index contributed by atoms with van der Waals surface area (Å²) in [6.07, 6.45) is 15.6. The molecule has 4 aromatic rings. The smallest absolute Gasteiger partial charge is 0.145 e. The average molecular weight is 472 g/mol. The molecule has 5 rings (SSSR count). The molecular formula is C27H29N5OS. The number of nitrogens with zero attached hydrogens (tertiary/aromatic N) is 5. The van der Waals surface area contributed by atoms with Crippen molar-refractivity contribution in [3.63, 3.8) is 0 Å². The molecule has 1 unspecified atom stereocenters. The van der Waals surface area contributed by atoms with Crippen molar-refractivity contribution in [2.24, 2.45) is 0 Å². The van der Waals surface area contributed by atoms with Crippen molar-refractivity contribution in [3.8, 4) is 17.3 Å². The Balaban J connectivity index is 1.44. The van der Waals surface area contributed by atoms with Gasteiger partial charge in [-0.1, -0.05) is 18.2 Å². The Morgan fingerprint density at radius 3 is 2.76 bits per heavy atom. The van der Waals surface area contributed by atoms with Crippen LogP contribution >= 0.6 is 10.0 Å². The van der Waals surface area contributed by atoms with Gasteiger partial charge in [-0.25, -0.2) is 20.0 Å². The van der Waals surface area contributed by atoms with E-state index in [-0.39, 0.29) is 0 Å². The van der Waals surface area contributed by atoms with Gasteiger partial charge in [0.25, 0.3) is 0 Å². The third kappa shape index (κ3) is 4.31. The highest BCUT2D eigenvalue weighted by atomic mass is 32.3. The fourth-order valence-corrected chi connectivity index (χ4v) is 5.24. The number of benzene rings is 1. The molecule has 0 saturated carbocycles. The zero-order valence-electron chi connectivity index (χ0n) is 19.9. The highest BCUT2D eigenvalue weighted by Gasteiger charge is 2.39. The van der Waals surface area contributed by atoms with Crippen LogP contribution in [0.15, 0.2) is 61.3 Å². The molecule has 1 aromatic carbocycles. The second-order valence-corrected chi connectivity index (χ2v) is 14.4. The second kappa shape index (κ2) is 8.86. The van der Waals surface area contributed by atoms with E-state index in [1.54, 1.807) is 12.5 Å². The number of fused-ring (bicyclic) bond motifs is 2. The van der Waals surface area contributed by atoms with Crippen molar-refractivity contribution in [1.29, 1.82) is 5.26 Å². The first-order chi connectivity index (χ1) is 16.4. The van der Waals surface area contributed by atoms with Gasteiger partial charge in [-0.05, 0) is 66.5 Å². The van der Waals surface area contributed by atoms with Gasteiger partial charge in [0.15, 0.2) is 0 Å². The molecule has 0 amide bonds. The predicted molar refractivity (Wildman–Crippen MR) is 138 cm³/mol. The maximum atomic E-state index is 10.2. The van der Waals surface area contributed by atoms with Crippen molar-refractivity contribution < 1.29 is 4.74 Å². The largest absolute Gasteiger partial charge is 0.360 e. The molecule has 0 aliphatic heterocycles. The lowest BCUT2D eigenvalue weighted by molar-refractivity contribution is 0.0923. The molecule has 6 nitrogen and oxygen atoms in total. The molecule has 0 N–H and O–H groups in total. The molecule has 3 heterocycles. The molecule has 174 valence electrons. The Bertz CT molecular complexity index is 1360. The van der Waals surface area contributed by atoms with Crippen LogP contribution in [-0.2, 0) is 29.7 Å². The molecule has 0 saturated heterocycles. The van der Waals surface area contributed by atoms with Crippen LogP contribution in [0.2, 0.25) is 0 Å². The van der Waals surface area contributed by atoms with E-state index in [4.69, 9.17) is 4.74 Å². The minimum atomic E-state index is -0.581. The fourth-order valence-electron chi connectivity index (χ4n) is 4.62. The van der Waals surface area contributed by atoms with Gasteiger partial charge in [-0.3, -0.25) is 4.98 Å². The summed E-state index contributed by atoms with van der Waals surface area (Å²) in [4.78, 5) is 13.4. The van der Waals surface area contributed by atoms with Crippen LogP contribution in [-0.4, -0.2) is 50.6 Å². The van der Waals surface area contributed by atoms with E-state index in [9.17, 15) is 5.26 Å². The first-order valence-electron chi connectivity index (χ1n) is 11.4. The minimum Gasteiger partial charge on any atom is -0.360 e. The van der Waals surface area contributed by atoms with Crippen molar-refractivity contribution in [2.45, 2.75) is 25.0 Å². The summed E-state index contributed by atoms with van der Waals surface area (Å²) in [5.41, 5.74) is 5.51. The van der Waals surface area contributed by atoms with Gasteiger partial charge in [-0.2, -0.15) is 5.26 Å². The molecule has 0 bridgehead atoms. The van der Waals surface area contributed by atoms with Gasteiger partial charge in [0.1, 0.15) is 18.7 Å². The van der Waals surface area contributed by atoms with Crippen LogP contribution in [0.5, 0.6) is 0 Å². The van der Waals surface area contributed by atoms with Gasteiger partial charge in [0.05, 0.1) is 23.8 Å². The Hall–Kier alpha value is -3.21. The molecule has 3 aromatic heterocycles. The molecule has 0 radical (unpaired) electrons. The fraction of sp³-hybridized carbons (Fsp3) is 0.333. The van der Waals surface area contributed by atoms with Crippen molar-refractivity contribution >= 4 is 21.1 Å². The lowest BCUT2D eigenvalue weighted by atomic mass is 9.78. The van der Waals surface area contributed by atoms with E-state index in [1.165, 1.54) is 5.56 Å². The van der Waals surface area contributed by atoms with E-state index in [0.29, 0.717) is 19.6 Å². The van der Waals surface area contributed by atoms with Crippen LogP contribution in [0, 0.1) is 11.3 Å². The van der Waals surface area contributed by atoms with E-state index in [2.05, 4.69) is 58.0 Å². The summed E-state index contributed by atoms with van der Waals surface area (Å²) in [5.74, 6) is 1.08. The van der Waals surface area contributed by atoms with Gasteiger partial charge in [0.2, 0.25) is 0 Å². The zero-order valence-corrected chi connectivity index (χ0v) is 20.7. The summed E-state index contributed by atoms with van der Waals surface area (Å²) in [6, 6.07) is 14.9. The highest BCUT2D eigenvalue weighted by molar-refractivity contribution is 8.32. The number of aromatic nitrogens is 4. The lowest BCUT2D eigenvalue weighted by Gasteiger charge is -2.24. The van der Waals surface area contributed by atoms with E-state index >= 15 is 0 Å². The van der Waals surface area contributed by atoms with Crippen molar-refractivity contribution in [1.82, 2.24) is 19.5 Å². The number of hydrogen-bond donors (Lipinski definition) is 0. The maximum Gasteiger partial charge on any atom is 0.145 e. The molecule has 1 atom stereocenters. The lowest BCUT2D eigenvalue weighted by Crippen LogP contribution is -2.24. The number of pyridine rings is 1. The normalized spacial score (nSPS) is 18.1. The van der Waals surface area contributed by atoms with Gasteiger partial charge in [-0.15, -0.1) is 0 Å². The van der Waals surface area contributed by atoms with Crippen LogP contribution in [0.4, 0.5) is 0 Å². The summed E-state index contributed by atoms with van der Waals surface area (Å²) in [6.45, 7) is 1.21. The van der Waals surface area contributed by atoms with Gasteiger partial charge in [0, 0.05) is 35.3 Å². The molecule has 34 heavy (non-hydrogen) atoms. The third-order valence-electron chi connectivity index (χ3n) is 6.52. The van der Waals surface area contributed by atoms with E-state index in [0.717, 1.165) is 45.8 Å². The van der Waals surface area contributed by atoms with Gasteiger partial charge < -0.3 is 9.30 Å². The molecule has 7 heteroatoms. The van der Waals surface area contributed by atoms with Crippen LogP contribution in [0.25, 0.3) is 22.3 Å². The summed E-state index contributed by atoms with van der Waals surface area (Å²) < 4.78 is 7.96. The van der Waals surface area contributed by atoms with Crippen LogP contribution < -0.4 is 0 Å². The monoisotopic (exact) mass is 471 g/mol. The first-order valence-corrected chi connectivity index (χ1v) is 14.4. The number of nitriles is 1. The number of hydrogen-bond acceptors (Lipinski definition) is 5. The topological polar surface area (TPSA) is 76.6 Å². The SMILES string of the molecule is CS(C)(C)CCOCn1ccc2c(-c3cccc(C4(C#N)Cc5ccncc5C4)c3)ncnc21. The third-order valence-corrected chi connectivity index (χ3v) is 7.91. The Kier molecular flexibility index (Phi) is 5.88. The molecular weight excluding hydrogens is 442 g/mol. The quantitative estimate of drug-likeness (QED) is 0.365. The maximum absolute atomic E-state index is 10.2. The summed E-state index contributed by atoms with van der Waals surface area (Å²) >= 11 is 0. The summed E-state index contributed by atoms with van der Waals surface area (Å²) in [5, 5.41) is 11.2. The molecule has 0 fully saturated rings. The minimum absolute atomic E-state index is 0.472.